The zero-order chi connectivity index (χ0) is 22.4. The van der Waals surface area contributed by atoms with Gasteiger partial charge in [-0.2, -0.15) is 5.10 Å². The van der Waals surface area contributed by atoms with Crippen molar-refractivity contribution in [1.29, 1.82) is 0 Å². The summed E-state index contributed by atoms with van der Waals surface area (Å²) < 4.78 is 30.6. The van der Waals surface area contributed by atoms with E-state index in [1.54, 1.807) is 29.1 Å². The minimum atomic E-state index is -3.78. The van der Waals surface area contributed by atoms with Crippen LogP contribution in [0.15, 0.2) is 65.7 Å². The summed E-state index contributed by atoms with van der Waals surface area (Å²) >= 11 is 0. The Morgan fingerprint density at radius 3 is 2.35 bits per heavy atom. The molecule has 4 aromatic rings. The third-order valence-corrected chi connectivity index (χ3v) is 6.65. The highest BCUT2D eigenvalue weighted by Gasteiger charge is 2.21. The van der Waals surface area contributed by atoms with Crippen LogP contribution in [0.2, 0.25) is 0 Å². The number of rotatable bonds is 4. The Morgan fingerprint density at radius 2 is 1.68 bits per heavy atom. The Hall–Kier alpha value is -3.19. The lowest BCUT2D eigenvalue weighted by atomic mass is 9.87. The van der Waals surface area contributed by atoms with E-state index < -0.39 is 10.0 Å². The minimum Gasteiger partial charge on any atom is -0.263 e. The molecule has 4 rings (SSSR count). The van der Waals surface area contributed by atoms with Crippen molar-refractivity contribution in [3.63, 3.8) is 0 Å². The summed E-state index contributed by atoms with van der Waals surface area (Å²) in [5, 5.41) is 5.45. The SMILES string of the molecule is Cc1cc(NS(=O)(=O)c2ccc(C(C)(C)C)cc2)n(-c2ccc(C)c3ncccc23)n1. The van der Waals surface area contributed by atoms with Gasteiger partial charge >= 0.3 is 0 Å². The van der Waals surface area contributed by atoms with Crippen LogP contribution < -0.4 is 4.72 Å². The van der Waals surface area contributed by atoms with Gasteiger partial charge in [-0.15, -0.1) is 0 Å². The number of benzene rings is 2. The number of aromatic nitrogens is 3. The Kier molecular flexibility index (Phi) is 5.09. The summed E-state index contributed by atoms with van der Waals surface area (Å²) in [6.07, 6.45) is 1.75. The van der Waals surface area contributed by atoms with Gasteiger partial charge in [0.1, 0.15) is 5.82 Å². The molecule has 0 unspecified atom stereocenters. The van der Waals surface area contributed by atoms with E-state index in [-0.39, 0.29) is 10.3 Å². The molecule has 0 aliphatic rings. The molecule has 0 spiro atoms. The number of sulfonamides is 1. The summed E-state index contributed by atoms with van der Waals surface area (Å²) in [5.74, 6) is 0.381. The first-order valence-electron chi connectivity index (χ1n) is 10.1. The number of fused-ring (bicyclic) bond motifs is 1. The van der Waals surface area contributed by atoms with E-state index in [0.29, 0.717) is 11.5 Å². The topological polar surface area (TPSA) is 76.9 Å². The number of aryl methyl sites for hydroxylation is 2. The van der Waals surface area contributed by atoms with Crippen LogP contribution in [0.5, 0.6) is 0 Å². The quantitative estimate of drug-likeness (QED) is 0.483. The molecule has 2 aromatic carbocycles. The maximum absolute atomic E-state index is 13.1. The van der Waals surface area contributed by atoms with E-state index in [2.05, 4.69) is 35.6 Å². The molecule has 0 aliphatic carbocycles. The highest BCUT2D eigenvalue weighted by molar-refractivity contribution is 7.92. The van der Waals surface area contributed by atoms with Gasteiger partial charge in [0.15, 0.2) is 0 Å². The number of hydrogen-bond acceptors (Lipinski definition) is 4. The Balaban J connectivity index is 1.76. The second-order valence-corrected chi connectivity index (χ2v) is 10.4. The lowest BCUT2D eigenvalue weighted by Gasteiger charge is -2.19. The summed E-state index contributed by atoms with van der Waals surface area (Å²) in [4.78, 5) is 4.68. The summed E-state index contributed by atoms with van der Waals surface area (Å²) in [6, 6.07) is 16.4. The third-order valence-electron chi connectivity index (χ3n) is 5.28. The summed E-state index contributed by atoms with van der Waals surface area (Å²) in [7, 11) is -3.78. The predicted octanol–water partition coefficient (Wildman–Crippen LogP) is 5.14. The second-order valence-electron chi connectivity index (χ2n) is 8.76. The van der Waals surface area contributed by atoms with Crippen molar-refractivity contribution >= 4 is 26.7 Å². The number of nitrogens with zero attached hydrogens (tertiary/aromatic N) is 3. The smallest absolute Gasteiger partial charge is 0.263 e. The normalized spacial score (nSPS) is 12.3. The van der Waals surface area contributed by atoms with E-state index >= 15 is 0 Å². The van der Waals surface area contributed by atoms with Gasteiger partial charge in [0.05, 0.1) is 21.8 Å². The van der Waals surface area contributed by atoms with E-state index in [1.165, 1.54) is 0 Å². The molecule has 0 bridgehead atoms. The number of pyridine rings is 1. The van der Waals surface area contributed by atoms with Gasteiger partial charge in [-0.05, 0) is 60.7 Å². The lowest BCUT2D eigenvalue weighted by molar-refractivity contribution is 0.587. The molecule has 0 saturated heterocycles. The molecule has 0 saturated carbocycles. The van der Waals surface area contributed by atoms with Gasteiger partial charge < -0.3 is 0 Å². The van der Waals surface area contributed by atoms with E-state index in [9.17, 15) is 8.42 Å². The van der Waals surface area contributed by atoms with Gasteiger partial charge in [0.25, 0.3) is 10.0 Å². The number of anilines is 1. The van der Waals surface area contributed by atoms with Crippen LogP contribution in [0, 0.1) is 13.8 Å². The average molecular weight is 435 g/mol. The predicted molar refractivity (Wildman–Crippen MR) is 124 cm³/mol. The summed E-state index contributed by atoms with van der Waals surface area (Å²) in [5.41, 5.74) is 4.40. The molecule has 160 valence electrons. The lowest BCUT2D eigenvalue weighted by Crippen LogP contribution is -2.17. The van der Waals surface area contributed by atoms with Gasteiger partial charge in [0.2, 0.25) is 0 Å². The van der Waals surface area contributed by atoms with Crippen LogP contribution in [-0.2, 0) is 15.4 Å². The Bertz CT molecular complexity index is 1370. The molecule has 7 heteroatoms. The van der Waals surface area contributed by atoms with Crippen molar-refractivity contribution < 1.29 is 8.42 Å². The maximum Gasteiger partial charge on any atom is 0.263 e. The fourth-order valence-corrected chi connectivity index (χ4v) is 4.60. The molecule has 0 fully saturated rings. The fourth-order valence-electron chi connectivity index (χ4n) is 3.57. The van der Waals surface area contributed by atoms with Crippen molar-refractivity contribution in [1.82, 2.24) is 14.8 Å². The van der Waals surface area contributed by atoms with Crippen LogP contribution in [0.4, 0.5) is 5.82 Å². The van der Waals surface area contributed by atoms with E-state index in [0.717, 1.165) is 27.7 Å². The van der Waals surface area contributed by atoms with E-state index in [4.69, 9.17) is 0 Å². The van der Waals surface area contributed by atoms with Crippen LogP contribution in [0.3, 0.4) is 0 Å². The van der Waals surface area contributed by atoms with Crippen molar-refractivity contribution in [2.45, 2.75) is 44.9 Å². The molecule has 2 heterocycles. The van der Waals surface area contributed by atoms with E-state index in [1.807, 2.05) is 50.2 Å². The molecular weight excluding hydrogens is 408 g/mol. The summed E-state index contributed by atoms with van der Waals surface area (Å²) in [6.45, 7) is 10.1. The second kappa shape index (κ2) is 7.50. The molecule has 0 radical (unpaired) electrons. The highest BCUT2D eigenvalue weighted by Crippen LogP contribution is 2.28. The standard InChI is InChI=1S/C24H26N4O2S/c1-16-8-13-21(20-7-6-14-25-23(16)20)28-22(15-17(2)26-28)27-31(29,30)19-11-9-18(10-12-19)24(3,4)5/h6-15,27H,1-5H3. The molecule has 0 aliphatic heterocycles. The zero-order valence-corrected chi connectivity index (χ0v) is 19.2. The van der Waals surface area contributed by atoms with Gasteiger partial charge in [0, 0.05) is 17.6 Å². The molecule has 31 heavy (non-hydrogen) atoms. The molecule has 1 N–H and O–H groups in total. The van der Waals surface area contributed by atoms with Gasteiger partial charge in [-0.25, -0.2) is 13.1 Å². The average Bonchev–Trinajstić information content (AvgIpc) is 3.07. The fraction of sp³-hybridized carbons (Fsp3) is 0.250. The first kappa shape index (κ1) is 21.1. The monoisotopic (exact) mass is 434 g/mol. The Morgan fingerprint density at radius 1 is 0.968 bits per heavy atom. The van der Waals surface area contributed by atoms with Crippen molar-refractivity contribution in [2.75, 3.05) is 4.72 Å². The van der Waals surface area contributed by atoms with Crippen molar-refractivity contribution in [3.05, 3.63) is 77.6 Å². The van der Waals surface area contributed by atoms with Crippen LogP contribution in [0.25, 0.3) is 16.6 Å². The Labute approximate surface area is 183 Å². The number of nitrogens with one attached hydrogen (secondary N) is 1. The molecule has 0 amide bonds. The van der Waals surface area contributed by atoms with Crippen molar-refractivity contribution in [2.24, 2.45) is 0 Å². The largest absolute Gasteiger partial charge is 0.263 e. The first-order chi connectivity index (χ1) is 14.6. The van der Waals surface area contributed by atoms with Crippen molar-refractivity contribution in [3.8, 4) is 5.69 Å². The minimum absolute atomic E-state index is 0.0496. The molecule has 6 nitrogen and oxygen atoms in total. The first-order valence-corrected chi connectivity index (χ1v) is 11.6. The van der Waals surface area contributed by atoms with Crippen LogP contribution in [0.1, 0.15) is 37.6 Å². The van der Waals surface area contributed by atoms with Crippen LogP contribution >= 0.6 is 0 Å². The zero-order valence-electron chi connectivity index (χ0n) is 18.3. The molecular formula is C24H26N4O2S. The van der Waals surface area contributed by atoms with Gasteiger partial charge in [-0.3, -0.25) is 9.71 Å². The number of hydrogen-bond donors (Lipinski definition) is 1. The molecule has 0 atom stereocenters. The third kappa shape index (κ3) is 4.05. The molecule has 2 aromatic heterocycles. The highest BCUT2D eigenvalue weighted by atomic mass is 32.2. The maximum atomic E-state index is 13.1. The van der Waals surface area contributed by atoms with Gasteiger partial charge in [-0.1, -0.05) is 39.0 Å². The van der Waals surface area contributed by atoms with Crippen LogP contribution in [-0.4, -0.2) is 23.2 Å².